The first-order valence-corrected chi connectivity index (χ1v) is 11.8. The predicted octanol–water partition coefficient (Wildman–Crippen LogP) is 4.65. The molecular formula is C25H34N4O. The second kappa shape index (κ2) is 8.44. The molecule has 2 fully saturated rings. The van der Waals surface area contributed by atoms with Crippen molar-refractivity contribution in [3.63, 3.8) is 0 Å². The first-order chi connectivity index (χ1) is 14.7. The van der Waals surface area contributed by atoms with E-state index in [1.54, 1.807) is 0 Å². The Labute approximate surface area is 179 Å². The quantitative estimate of drug-likeness (QED) is 0.787. The van der Waals surface area contributed by atoms with E-state index in [1.165, 1.54) is 48.9 Å². The molecule has 3 aliphatic rings. The number of amides is 1. The summed E-state index contributed by atoms with van der Waals surface area (Å²) in [5.41, 5.74) is 5.19. The van der Waals surface area contributed by atoms with E-state index >= 15 is 0 Å². The van der Waals surface area contributed by atoms with Gasteiger partial charge in [-0.1, -0.05) is 25.3 Å². The van der Waals surface area contributed by atoms with Crippen LogP contribution in [0.15, 0.2) is 30.6 Å². The van der Waals surface area contributed by atoms with E-state index in [9.17, 15) is 4.79 Å². The van der Waals surface area contributed by atoms with Gasteiger partial charge in [0.05, 0.1) is 6.20 Å². The van der Waals surface area contributed by atoms with Gasteiger partial charge in [-0.05, 0) is 67.7 Å². The van der Waals surface area contributed by atoms with Gasteiger partial charge in [-0.3, -0.25) is 9.89 Å². The largest absolute Gasteiger partial charge is 0.371 e. The molecule has 30 heavy (non-hydrogen) atoms. The number of fused-ring (bicyclic) bond motifs is 1. The van der Waals surface area contributed by atoms with Crippen molar-refractivity contribution in [2.24, 2.45) is 11.8 Å². The Morgan fingerprint density at radius 2 is 2.03 bits per heavy atom. The van der Waals surface area contributed by atoms with Crippen LogP contribution in [0, 0.1) is 11.8 Å². The van der Waals surface area contributed by atoms with Crippen molar-refractivity contribution < 1.29 is 4.79 Å². The first-order valence-electron chi connectivity index (χ1n) is 11.8. The van der Waals surface area contributed by atoms with Crippen LogP contribution in [0.3, 0.4) is 0 Å². The molecule has 1 aromatic heterocycles. The molecule has 2 atom stereocenters. The van der Waals surface area contributed by atoms with Gasteiger partial charge in [0.2, 0.25) is 5.91 Å². The lowest BCUT2D eigenvalue weighted by molar-refractivity contribution is -0.133. The van der Waals surface area contributed by atoms with Crippen LogP contribution in [-0.2, 0) is 11.2 Å². The highest BCUT2D eigenvalue weighted by molar-refractivity contribution is 5.77. The third kappa shape index (κ3) is 3.99. The zero-order chi connectivity index (χ0) is 20.5. The van der Waals surface area contributed by atoms with E-state index < -0.39 is 0 Å². The Balaban J connectivity index is 1.20. The van der Waals surface area contributed by atoms with E-state index in [0.717, 1.165) is 44.5 Å². The van der Waals surface area contributed by atoms with Gasteiger partial charge in [0, 0.05) is 49.5 Å². The number of anilines is 1. The summed E-state index contributed by atoms with van der Waals surface area (Å²) in [5.74, 6) is 1.62. The van der Waals surface area contributed by atoms with Crippen LogP contribution in [0.4, 0.5) is 5.69 Å². The van der Waals surface area contributed by atoms with Crippen LogP contribution in [0.5, 0.6) is 0 Å². The van der Waals surface area contributed by atoms with Crippen molar-refractivity contribution in [1.29, 1.82) is 0 Å². The van der Waals surface area contributed by atoms with Crippen LogP contribution < -0.4 is 4.90 Å². The number of carbonyl (C=O) groups excluding carboxylic acids is 1. The number of benzene rings is 1. The maximum Gasteiger partial charge on any atom is 0.223 e. The first kappa shape index (κ1) is 19.7. The van der Waals surface area contributed by atoms with Gasteiger partial charge in [-0.2, -0.15) is 5.10 Å². The summed E-state index contributed by atoms with van der Waals surface area (Å²) in [6.45, 7) is 5.33. The minimum Gasteiger partial charge on any atom is -0.371 e. The van der Waals surface area contributed by atoms with Crippen molar-refractivity contribution in [2.45, 2.75) is 64.3 Å². The summed E-state index contributed by atoms with van der Waals surface area (Å²) in [5, 5.41) is 6.98. The molecule has 3 heterocycles. The normalized spacial score (nSPS) is 24.4. The fraction of sp³-hybridized carbons (Fsp3) is 0.600. The zero-order valence-electron chi connectivity index (χ0n) is 18.1. The number of H-pyrrole nitrogens is 1. The Bertz CT molecular complexity index is 871. The van der Waals surface area contributed by atoms with Crippen molar-refractivity contribution in [2.75, 3.05) is 24.5 Å². The number of hydrogen-bond acceptors (Lipinski definition) is 3. The molecule has 1 amide bonds. The average Bonchev–Trinajstić information content (AvgIpc) is 3.49. The van der Waals surface area contributed by atoms with Gasteiger partial charge in [0.25, 0.3) is 0 Å². The van der Waals surface area contributed by atoms with Gasteiger partial charge in [0.1, 0.15) is 0 Å². The highest BCUT2D eigenvalue weighted by Crippen LogP contribution is 2.35. The van der Waals surface area contributed by atoms with Crippen molar-refractivity contribution in [1.82, 2.24) is 15.1 Å². The van der Waals surface area contributed by atoms with E-state index in [1.807, 2.05) is 12.4 Å². The number of aromatic amines is 1. The second-order valence-electron chi connectivity index (χ2n) is 9.73. The number of nitrogens with one attached hydrogen (secondary N) is 1. The molecule has 0 spiro atoms. The van der Waals surface area contributed by atoms with E-state index in [4.69, 9.17) is 0 Å². The molecule has 1 saturated carbocycles. The van der Waals surface area contributed by atoms with Gasteiger partial charge < -0.3 is 9.80 Å². The molecule has 160 valence electrons. The number of aromatic nitrogens is 2. The summed E-state index contributed by atoms with van der Waals surface area (Å²) in [7, 11) is 0. The molecule has 1 N–H and O–H groups in total. The third-order valence-corrected chi connectivity index (χ3v) is 7.55. The predicted molar refractivity (Wildman–Crippen MR) is 120 cm³/mol. The molecule has 1 aromatic carbocycles. The van der Waals surface area contributed by atoms with Crippen LogP contribution in [0.2, 0.25) is 0 Å². The minimum absolute atomic E-state index is 0.386. The van der Waals surface area contributed by atoms with Crippen molar-refractivity contribution in [3.8, 4) is 11.1 Å². The molecule has 2 aliphatic heterocycles. The number of rotatable bonds is 5. The molecule has 5 heteroatoms. The molecular weight excluding hydrogens is 372 g/mol. The lowest BCUT2D eigenvalue weighted by Gasteiger charge is -2.27. The summed E-state index contributed by atoms with van der Waals surface area (Å²) < 4.78 is 0. The molecule has 1 aliphatic carbocycles. The van der Waals surface area contributed by atoms with Crippen LogP contribution >= 0.6 is 0 Å². The Kier molecular flexibility index (Phi) is 5.53. The maximum atomic E-state index is 13.0. The fourth-order valence-corrected chi connectivity index (χ4v) is 5.94. The summed E-state index contributed by atoms with van der Waals surface area (Å²) in [4.78, 5) is 17.7. The molecule has 5 nitrogen and oxygen atoms in total. The fourth-order valence-electron chi connectivity index (χ4n) is 5.94. The molecule has 2 aromatic rings. The number of nitrogens with zero attached hydrogens (tertiary/aromatic N) is 3. The number of hydrogen-bond donors (Lipinski definition) is 1. The van der Waals surface area contributed by atoms with Crippen molar-refractivity contribution in [3.05, 3.63) is 36.2 Å². The smallest absolute Gasteiger partial charge is 0.223 e. The monoisotopic (exact) mass is 406 g/mol. The van der Waals surface area contributed by atoms with Gasteiger partial charge in [-0.25, -0.2) is 0 Å². The maximum absolute atomic E-state index is 13.0. The van der Waals surface area contributed by atoms with Crippen LogP contribution in [0.25, 0.3) is 11.1 Å². The minimum atomic E-state index is 0.386. The molecule has 0 radical (unpaired) electrons. The summed E-state index contributed by atoms with van der Waals surface area (Å²) in [6, 6.07) is 7.18. The van der Waals surface area contributed by atoms with Gasteiger partial charge in [-0.15, -0.1) is 0 Å². The molecule has 5 rings (SSSR count). The average molecular weight is 407 g/mol. The topological polar surface area (TPSA) is 52.2 Å². The van der Waals surface area contributed by atoms with Gasteiger partial charge >= 0.3 is 0 Å². The lowest BCUT2D eigenvalue weighted by Crippen LogP contribution is -2.36. The third-order valence-electron chi connectivity index (χ3n) is 7.55. The van der Waals surface area contributed by atoms with E-state index in [-0.39, 0.29) is 0 Å². The lowest BCUT2D eigenvalue weighted by atomic mass is 9.86. The summed E-state index contributed by atoms with van der Waals surface area (Å²) in [6.07, 6.45) is 13.3. The highest BCUT2D eigenvalue weighted by atomic mass is 16.2. The number of carbonyl (C=O) groups is 1. The van der Waals surface area contributed by atoms with E-state index in [2.05, 4.69) is 45.1 Å². The Morgan fingerprint density at radius 1 is 1.17 bits per heavy atom. The van der Waals surface area contributed by atoms with Crippen LogP contribution in [-0.4, -0.2) is 46.7 Å². The molecule has 2 unspecified atom stereocenters. The highest BCUT2D eigenvalue weighted by Gasteiger charge is 2.35. The Hall–Kier alpha value is -2.30. The summed E-state index contributed by atoms with van der Waals surface area (Å²) >= 11 is 0. The van der Waals surface area contributed by atoms with E-state index in [0.29, 0.717) is 23.8 Å². The zero-order valence-corrected chi connectivity index (χ0v) is 18.1. The molecule has 1 saturated heterocycles. The standard InChI is InChI=1S/C25H34N4O/c1-18-11-20(17-29(18)25(30)12-19-5-3-2-4-6-19)16-28-10-9-22-13-21(7-8-24(22)28)23-14-26-27-15-23/h7-8,13-15,18-20H,2-6,9-12,16-17H2,1H3,(H,26,27). The van der Waals surface area contributed by atoms with Gasteiger partial charge in [0.15, 0.2) is 0 Å². The second-order valence-corrected chi connectivity index (χ2v) is 9.73. The molecule has 0 bridgehead atoms. The van der Waals surface area contributed by atoms with Crippen molar-refractivity contribution >= 4 is 11.6 Å². The van der Waals surface area contributed by atoms with Crippen LogP contribution in [0.1, 0.15) is 57.4 Å². The Morgan fingerprint density at radius 3 is 2.83 bits per heavy atom. The SMILES string of the molecule is CC1CC(CN2CCc3cc(-c4cn[nH]c4)ccc32)CN1C(=O)CC1CCCCC1. The number of likely N-dealkylation sites (tertiary alicyclic amines) is 1.